The minimum absolute atomic E-state index is 0.856. The van der Waals surface area contributed by atoms with Crippen LogP contribution in [0.5, 0.6) is 5.75 Å². The molecular formula is C20H33NO. The molecular weight excluding hydrogens is 270 g/mol. The summed E-state index contributed by atoms with van der Waals surface area (Å²) < 4.78 is 5.81. The Morgan fingerprint density at radius 2 is 1.55 bits per heavy atom. The van der Waals surface area contributed by atoms with Crippen LogP contribution in [0.15, 0.2) is 24.3 Å². The summed E-state index contributed by atoms with van der Waals surface area (Å²) >= 11 is 0. The summed E-state index contributed by atoms with van der Waals surface area (Å²) in [6.45, 7) is 7.00. The number of benzene rings is 1. The van der Waals surface area contributed by atoms with Crippen molar-refractivity contribution in [2.45, 2.75) is 64.7 Å². The summed E-state index contributed by atoms with van der Waals surface area (Å²) in [6.07, 6.45) is 11.9. The molecule has 0 atom stereocenters. The summed E-state index contributed by atoms with van der Waals surface area (Å²) in [7, 11) is 0. The third-order valence-electron chi connectivity index (χ3n) is 4.67. The van der Waals surface area contributed by atoms with Gasteiger partial charge in [0, 0.05) is 0 Å². The minimum atomic E-state index is 0.856. The fourth-order valence-corrected chi connectivity index (χ4v) is 3.16. The Labute approximate surface area is 136 Å². The number of rotatable bonds is 9. The number of likely N-dealkylation sites (tertiary alicyclic amines) is 1. The van der Waals surface area contributed by atoms with Gasteiger partial charge < -0.3 is 9.64 Å². The van der Waals surface area contributed by atoms with Crippen molar-refractivity contribution in [3.63, 3.8) is 0 Å². The van der Waals surface area contributed by atoms with E-state index in [-0.39, 0.29) is 0 Å². The highest BCUT2D eigenvalue weighted by molar-refractivity contribution is 5.27. The van der Waals surface area contributed by atoms with E-state index in [1.807, 2.05) is 0 Å². The maximum Gasteiger partial charge on any atom is 0.119 e. The summed E-state index contributed by atoms with van der Waals surface area (Å²) in [5, 5.41) is 0. The van der Waals surface area contributed by atoms with Crippen molar-refractivity contribution in [3.05, 3.63) is 29.8 Å². The minimum Gasteiger partial charge on any atom is -0.494 e. The van der Waals surface area contributed by atoms with Crippen molar-refractivity contribution in [2.24, 2.45) is 0 Å². The predicted octanol–water partition coefficient (Wildman–Crippen LogP) is 5.06. The van der Waals surface area contributed by atoms with Gasteiger partial charge in [-0.1, -0.05) is 44.7 Å². The Kier molecular flexibility index (Phi) is 8.40. The maximum atomic E-state index is 5.81. The standard InChI is InChI=1S/C20H33NO/c1-2-19-11-13-20(14-12-19)22-18-10-6-5-9-17-21-15-7-3-4-8-16-21/h11-14H,2-10,15-18H2,1H3. The van der Waals surface area contributed by atoms with Gasteiger partial charge in [0.2, 0.25) is 0 Å². The first-order valence-electron chi connectivity index (χ1n) is 9.32. The largest absolute Gasteiger partial charge is 0.494 e. The van der Waals surface area contributed by atoms with Crippen LogP contribution in [0.3, 0.4) is 0 Å². The summed E-state index contributed by atoms with van der Waals surface area (Å²) in [5.41, 5.74) is 1.38. The van der Waals surface area contributed by atoms with Crippen LogP contribution in [0.2, 0.25) is 0 Å². The first kappa shape index (κ1) is 17.3. The molecule has 0 spiro atoms. The molecule has 124 valence electrons. The lowest BCUT2D eigenvalue weighted by molar-refractivity contribution is 0.272. The molecule has 0 aromatic heterocycles. The molecule has 1 aliphatic rings. The highest BCUT2D eigenvalue weighted by atomic mass is 16.5. The highest BCUT2D eigenvalue weighted by Gasteiger charge is 2.07. The lowest BCUT2D eigenvalue weighted by Crippen LogP contribution is -2.25. The van der Waals surface area contributed by atoms with E-state index in [9.17, 15) is 0 Å². The fraction of sp³-hybridized carbons (Fsp3) is 0.700. The monoisotopic (exact) mass is 303 g/mol. The second-order valence-corrected chi connectivity index (χ2v) is 6.52. The van der Waals surface area contributed by atoms with Crippen LogP contribution in [0.4, 0.5) is 0 Å². The average molecular weight is 303 g/mol. The van der Waals surface area contributed by atoms with Gasteiger partial charge in [-0.05, 0) is 69.4 Å². The topological polar surface area (TPSA) is 12.5 Å². The molecule has 1 fully saturated rings. The smallest absolute Gasteiger partial charge is 0.119 e. The Balaban J connectivity index is 1.46. The number of aryl methyl sites for hydroxylation is 1. The van der Waals surface area contributed by atoms with E-state index < -0.39 is 0 Å². The van der Waals surface area contributed by atoms with Crippen molar-refractivity contribution < 1.29 is 4.74 Å². The van der Waals surface area contributed by atoms with E-state index in [1.54, 1.807) is 0 Å². The second kappa shape index (κ2) is 10.7. The lowest BCUT2D eigenvalue weighted by atomic mass is 10.2. The fourth-order valence-electron chi connectivity index (χ4n) is 3.16. The van der Waals surface area contributed by atoms with Crippen molar-refractivity contribution in [1.82, 2.24) is 4.90 Å². The van der Waals surface area contributed by atoms with Crippen LogP contribution in [-0.4, -0.2) is 31.1 Å². The van der Waals surface area contributed by atoms with E-state index in [4.69, 9.17) is 4.74 Å². The maximum absolute atomic E-state index is 5.81. The van der Waals surface area contributed by atoms with Gasteiger partial charge in [-0.3, -0.25) is 0 Å². The SMILES string of the molecule is CCc1ccc(OCCCCCCN2CCCCCC2)cc1. The van der Waals surface area contributed by atoms with Crippen molar-refractivity contribution in [3.8, 4) is 5.75 Å². The van der Waals surface area contributed by atoms with Crippen molar-refractivity contribution in [1.29, 1.82) is 0 Å². The predicted molar refractivity (Wildman–Crippen MR) is 94.7 cm³/mol. The first-order valence-corrected chi connectivity index (χ1v) is 9.32. The van der Waals surface area contributed by atoms with Gasteiger partial charge in [-0.2, -0.15) is 0 Å². The molecule has 0 amide bonds. The molecule has 1 aromatic rings. The van der Waals surface area contributed by atoms with E-state index in [0.717, 1.165) is 18.8 Å². The molecule has 1 aliphatic heterocycles. The second-order valence-electron chi connectivity index (χ2n) is 6.52. The molecule has 0 unspecified atom stereocenters. The molecule has 2 heteroatoms. The van der Waals surface area contributed by atoms with Crippen LogP contribution in [0, 0.1) is 0 Å². The summed E-state index contributed by atoms with van der Waals surface area (Å²) in [4.78, 5) is 2.67. The Bertz CT molecular complexity index is 379. The van der Waals surface area contributed by atoms with Gasteiger partial charge >= 0.3 is 0 Å². The zero-order valence-electron chi connectivity index (χ0n) is 14.4. The van der Waals surface area contributed by atoms with Gasteiger partial charge in [0.25, 0.3) is 0 Å². The number of ether oxygens (including phenoxy) is 1. The van der Waals surface area contributed by atoms with Crippen LogP contribution in [0.1, 0.15) is 63.9 Å². The summed E-state index contributed by atoms with van der Waals surface area (Å²) in [5.74, 6) is 1.02. The van der Waals surface area contributed by atoms with Gasteiger partial charge in [-0.15, -0.1) is 0 Å². The number of unbranched alkanes of at least 4 members (excludes halogenated alkanes) is 3. The van der Waals surface area contributed by atoms with Gasteiger partial charge in [0.15, 0.2) is 0 Å². The molecule has 1 saturated heterocycles. The van der Waals surface area contributed by atoms with E-state index >= 15 is 0 Å². The third kappa shape index (κ3) is 6.83. The van der Waals surface area contributed by atoms with Crippen LogP contribution >= 0.6 is 0 Å². The van der Waals surface area contributed by atoms with Crippen LogP contribution in [0.25, 0.3) is 0 Å². The lowest BCUT2D eigenvalue weighted by Gasteiger charge is -2.19. The number of nitrogens with zero attached hydrogens (tertiary/aromatic N) is 1. The Morgan fingerprint density at radius 3 is 2.23 bits per heavy atom. The Hall–Kier alpha value is -1.02. The first-order chi connectivity index (χ1) is 10.9. The third-order valence-corrected chi connectivity index (χ3v) is 4.67. The Morgan fingerprint density at radius 1 is 0.864 bits per heavy atom. The van der Waals surface area contributed by atoms with Crippen LogP contribution in [-0.2, 0) is 6.42 Å². The van der Waals surface area contributed by atoms with Gasteiger partial charge in [0.05, 0.1) is 6.61 Å². The van der Waals surface area contributed by atoms with Crippen molar-refractivity contribution >= 4 is 0 Å². The van der Waals surface area contributed by atoms with E-state index in [1.165, 1.54) is 76.6 Å². The molecule has 0 aliphatic carbocycles. The van der Waals surface area contributed by atoms with Gasteiger partial charge in [0.1, 0.15) is 5.75 Å². The molecule has 1 heterocycles. The molecule has 0 bridgehead atoms. The zero-order valence-corrected chi connectivity index (χ0v) is 14.4. The molecule has 0 N–H and O–H groups in total. The number of hydrogen-bond donors (Lipinski definition) is 0. The summed E-state index contributed by atoms with van der Waals surface area (Å²) in [6, 6.07) is 8.52. The molecule has 0 radical (unpaired) electrons. The molecule has 1 aromatic carbocycles. The molecule has 0 saturated carbocycles. The molecule has 22 heavy (non-hydrogen) atoms. The van der Waals surface area contributed by atoms with Crippen LogP contribution < -0.4 is 4.74 Å². The van der Waals surface area contributed by atoms with Gasteiger partial charge in [-0.25, -0.2) is 0 Å². The van der Waals surface area contributed by atoms with E-state index in [0.29, 0.717) is 0 Å². The quantitative estimate of drug-likeness (QED) is 0.591. The normalized spacial score (nSPS) is 16.4. The number of hydrogen-bond acceptors (Lipinski definition) is 2. The molecule has 2 rings (SSSR count). The van der Waals surface area contributed by atoms with Crippen molar-refractivity contribution in [2.75, 3.05) is 26.2 Å². The van der Waals surface area contributed by atoms with E-state index in [2.05, 4.69) is 36.1 Å². The zero-order chi connectivity index (χ0) is 15.5. The average Bonchev–Trinajstić information content (AvgIpc) is 2.83. The highest BCUT2D eigenvalue weighted by Crippen LogP contribution is 2.14. The molecule has 2 nitrogen and oxygen atoms in total.